The van der Waals surface area contributed by atoms with Crippen LogP contribution in [0.5, 0.6) is 0 Å². The maximum Gasteiger partial charge on any atom is 0.255 e. The normalized spacial score (nSPS) is 11.4. The van der Waals surface area contributed by atoms with Gasteiger partial charge >= 0.3 is 0 Å². The number of carbonyl (C=O) groups is 1. The van der Waals surface area contributed by atoms with Gasteiger partial charge in [-0.15, -0.1) is 0 Å². The Labute approximate surface area is 152 Å². The Morgan fingerprint density at radius 3 is 2.62 bits per heavy atom. The van der Waals surface area contributed by atoms with E-state index < -0.39 is 0 Å². The zero-order valence-electron chi connectivity index (χ0n) is 15.0. The van der Waals surface area contributed by atoms with Gasteiger partial charge in [-0.2, -0.15) is 5.10 Å². The number of rotatable bonds is 5. The minimum atomic E-state index is -0.193. The first-order chi connectivity index (χ1) is 12.5. The average molecular weight is 343 g/mol. The summed E-state index contributed by atoms with van der Waals surface area (Å²) in [5.74, 6) is -0.193. The van der Waals surface area contributed by atoms with Crippen LogP contribution in [0.3, 0.4) is 0 Å². The molecule has 0 saturated carbocycles. The number of H-pyrrole nitrogens is 1. The Hall–Kier alpha value is -3.40. The molecule has 3 aromatic rings. The molecule has 2 aromatic carbocycles. The van der Waals surface area contributed by atoms with Crippen LogP contribution in [0.2, 0.25) is 0 Å². The molecule has 0 aliphatic rings. The molecule has 0 spiro atoms. The molecule has 3 rings (SSSR count). The molecule has 0 atom stereocenters. The van der Waals surface area contributed by atoms with Crippen molar-refractivity contribution in [2.75, 3.05) is 5.32 Å². The van der Waals surface area contributed by atoms with E-state index in [1.54, 1.807) is 19.1 Å². The highest BCUT2D eigenvalue weighted by Gasteiger charge is 2.10. The van der Waals surface area contributed by atoms with E-state index >= 15 is 0 Å². The SMILES string of the molecule is C=C/C=C(\C(=C)C)C(=O)Nc1ccc(-c2cc3cn[nH]c3cc2C)cc1. The number of nitrogens with one attached hydrogen (secondary N) is 2. The Morgan fingerprint density at radius 1 is 1.23 bits per heavy atom. The fourth-order valence-corrected chi connectivity index (χ4v) is 2.87. The molecule has 2 N–H and O–H groups in total. The number of aromatic amines is 1. The third kappa shape index (κ3) is 3.49. The number of benzene rings is 2. The third-order valence-corrected chi connectivity index (χ3v) is 4.23. The van der Waals surface area contributed by atoms with Crippen LogP contribution in [0.1, 0.15) is 12.5 Å². The third-order valence-electron chi connectivity index (χ3n) is 4.23. The van der Waals surface area contributed by atoms with Crippen molar-refractivity contribution in [3.8, 4) is 11.1 Å². The van der Waals surface area contributed by atoms with E-state index in [9.17, 15) is 4.79 Å². The summed E-state index contributed by atoms with van der Waals surface area (Å²) in [6.45, 7) is 11.3. The van der Waals surface area contributed by atoms with Gasteiger partial charge in [0.15, 0.2) is 0 Å². The fourth-order valence-electron chi connectivity index (χ4n) is 2.87. The number of hydrogen-bond donors (Lipinski definition) is 2. The summed E-state index contributed by atoms with van der Waals surface area (Å²) in [4.78, 5) is 12.4. The molecule has 0 bridgehead atoms. The van der Waals surface area contributed by atoms with Crippen LogP contribution < -0.4 is 5.32 Å². The summed E-state index contributed by atoms with van der Waals surface area (Å²) in [6.07, 6.45) is 5.06. The van der Waals surface area contributed by atoms with Crippen LogP contribution in [0.15, 0.2) is 79.1 Å². The quantitative estimate of drug-likeness (QED) is 0.496. The molecule has 0 radical (unpaired) electrons. The summed E-state index contributed by atoms with van der Waals surface area (Å²) in [5, 5.41) is 11.0. The van der Waals surface area contributed by atoms with Crippen molar-refractivity contribution in [2.45, 2.75) is 13.8 Å². The molecule has 130 valence electrons. The fraction of sp³-hybridized carbons (Fsp3) is 0.0909. The Morgan fingerprint density at radius 2 is 1.96 bits per heavy atom. The number of anilines is 1. The number of hydrogen-bond acceptors (Lipinski definition) is 2. The van der Waals surface area contributed by atoms with Crippen molar-refractivity contribution < 1.29 is 4.79 Å². The van der Waals surface area contributed by atoms with Gasteiger partial charge in [0.05, 0.1) is 11.7 Å². The Bertz CT molecular complexity index is 1020. The molecule has 0 saturated heterocycles. The smallest absolute Gasteiger partial charge is 0.255 e. The first-order valence-electron chi connectivity index (χ1n) is 8.33. The molecule has 1 aromatic heterocycles. The Balaban J connectivity index is 1.85. The highest BCUT2D eigenvalue weighted by atomic mass is 16.1. The van der Waals surface area contributed by atoms with Crippen molar-refractivity contribution in [2.24, 2.45) is 0 Å². The maximum absolute atomic E-state index is 12.4. The molecular weight excluding hydrogens is 322 g/mol. The zero-order chi connectivity index (χ0) is 18.7. The van der Waals surface area contributed by atoms with Crippen LogP contribution in [0, 0.1) is 6.92 Å². The van der Waals surface area contributed by atoms with Gasteiger partial charge in [-0.1, -0.05) is 31.4 Å². The van der Waals surface area contributed by atoms with Gasteiger partial charge in [-0.3, -0.25) is 9.89 Å². The van der Waals surface area contributed by atoms with E-state index in [1.165, 1.54) is 0 Å². The van der Waals surface area contributed by atoms with Crippen LogP contribution >= 0.6 is 0 Å². The zero-order valence-corrected chi connectivity index (χ0v) is 15.0. The molecule has 1 amide bonds. The summed E-state index contributed by atoms with van der Waals surface area (Å²) in [6, 6.07) is 12.0. The standard InChI is InChI=1S/C22H21N3O/c1-5-6-19(14(2)3)22(26)24-18-9-7-16(8-10-18)20-12-17-13-23-25-21(17)11-15(20)4/h5-13H,1-2H2,3-4H3,(H,23,25)(H,24,26)/b19-6+. The first kappa shape index (κ1) is 17.4. The van der Waals surface area contributed by atoms with Gasteiger partial charge in [0.25, 0.3) is 5.91 Å². The topological polar surface area (TPSA) is 57.8 Å². The molecular formula is C22H21N3O. The van der Waals surface area contributed by atoms with Gasteiger partial charge in [-0.25, -0.2) is 0 Å². The highest BCUT2D eigenvalue weighted by molar-refractivity contribution is 6.07. The number of carbonyl (C=O) groups excluding carboxylic acids is 1. The van der Waals surface area contributed by atoms with Crippen LogP contribution in [-0.2, 0) is 4.79 Å². The van der Waals surface area contributed by atoms with Gasteiger partial charge < -0.3 is 5.32 Å². The molecule has 26 heavy (non-hydrogen) atoms. The summed E-state index contributed by atoms with van der Waals surface area (Å²) in [7, 11) is 0. The minimum Gasteiger partial charge on any atom is -0.322 e. The summed E-state index contributed by atoms with van der Waals surface area (Å²) >= 11 is 0. The lowest BCUT2D eigenvalue weighted by atomic mass is 9.98. The number of allylic oxidation sites excluding steroid dienone is 2. The van der Waals surface area contributed by atoms with E-state index in [1.807, 2.05) is 30.5 Å². The first-order valence-corrected chi connectivity index (χ1v) is 8.33. The number of amides is 1. The van der Waals surface area contributed by atoms with E-state index in [0.29, 0.717) is 11.1 Å². The van der Waals surface area contributed by atoms with E-state index in [-0.39, 0.29) is 5.91 Å². The number of aromatic nitrogens is 2. The van der Waals surface area contributed by atoms with Crippen LogP contribution in [0.4, 0.5) is 5.69 Å². The second-order valence-electron chi connectivity index (χ2n) is 6.25. The molecule has 0 fully saturated rings. The van der Waals surface area contributed by atoms with Crippen molar-refractivity contribution in [1.29, 1.82) is 0 Å². The van der Waals surface area contributed by atoms with E-state index in [0.717, 1.165) is 33.3 Å². The molecule has 4 nitrogen and oxygen atoms in total. The Kier molecular flexibility index (Phi) is 4.85. The summed E-state index contributed by atoms with van der Waals surface area (Å²) in [5.41, 5.74) is 6.37. The largest absolute Gasteiger partial charge is 0.322 e. The van der Waals surface area contributed by atoms with E-state index in [4.69, 9.17) is 0 Å². The highest BCUT2D eigenvalue weighted by Crippen LogP contribution is 2.28. The lowest BCUT2D eigenvalue weighted by Gasteiger charge is -2.10. The molecule has 0 aliphatic heterocycles. The second kappa shape index (κ2) is 7.23. The minimum absolute atomic E-state index is 0.193. The predicted molar refractivity (Wildman–Crippen MR) is 108 cm³/mol. The van der Waals surface area contributed by atoms with Crippen molar-refractivity contribution in [3.63, 3.8) is 0 Å². The maximum atomic E-state index is 12.4. The van der Waals surface area contributed by atoms with Gasteiger partial charge in [-0.05, 0) is 66.5 Å². The monoisotopic (exact) mass is 343 g/mol. The average Bonchev–Trinajstić information content (AvgIpc) is 3.06. The summed E-state index contributed by atoms with van der Waals surface area (Å²) < 4.78 is 0. The number of aryl methyl sites for hydroxylation is 1. The second-order valence-corrected chi connectivity index (χ2v) is 6.25. The van der Waals surface area contributed by atoms with Gasteiger partial charge in [0.2, 0.25) is 0 Å². The van der Waals surface area contributed by atoms with Crippen molar-refractivity contribution in [3.05, 3.63) is 84.6 Å². The van der Waals surface area contributed by atoms with Crippen molar-refractivity contribution >= 4 is 22.5 Å². The van der Waals surface area contributed by atoms with Crippen molar-refractivity contribution in [1.82, 2.24) is 10.2 Å². The predicted octanol–water partition coefficient (Wildman–Crippen LogP) is 5.17. The van der Waals surface area contributed by atoms with E-state index in [2.05, 4.69) is 47.7 Å². The molecule has 4 heteroatoms. The van der Waals surface area contributed by atoms with Crippen LogP contribution in [-0.4, -0.2) is 16.1 Å². The number of fused-ring (bicyclic) bond motifs is 1. The van der Waals surface area contributed by atoms with Crippen LogP contribution in [0.25, 0.3) is 22.0 Å². The molecule has 1 heterocycles. The number of nitrogens with zero attached hydrogens (tertiary/aromatic N) is 1. The lowest BCUT2D eigenvalue weighted by molar-refractivity contribution is -0.112. The van der Waals surface area contributed by atoms with Gasteiger partial charge in [0.1, 0.15) is 0 Å². The molecule has 0 aliphatic carbocycles. The van der Waals surface area contributed by atoms with Gasteiger partial charge in [0, 0.05) is 16.6 Å². The molecule has 0 unspecified atom stereocenters. The lowest BCUT2D eigenvalue weighted by Crippen LogP contribution is -2.14.